The van der Waals surface area contributed by atoms with Gasteiger partial charge in [0.25, 0.3) is 0 Å². The van der Waals surface area contributed by atoms with Crippen LogP contribution in [0.3, 0.4) is 0 Å². The summed E-state index contributed by atoms with van der Waals surface area (Å²) in [6.07, 6.45) is 2.33. The molecule has 0 atom stereocenters. The lowest BCUT2D eigenvalue weighted by atomic mass is 10.1. The first-order valence-electron chi connectivity index (χ1n) is 6.11. The van der Waals surface area contributed by atoms with Gasteiger partial charge in [-0.25, -0.2) is 4.98 Å². The third-order valence-electron chi connectivity index (χ3n) is 2.42. The molecule has 0 aliphatic carbocycles. The van der Waals surface area contributed by atoms with E-state index in [2.05, 4.69) is 29.0 Å². The van der Waals surface area contributed by atoms with Gasteiger partial charge in [0.1, 0.15) is 0 Å². The zero-order chi connectivity index (χ0) is 13.3. The van der Waals surface area contributed by atoms with Gasteiger partial charge in [0.05, 0.1) is 11.6 Å². The molecule has 0 saturated carbocycles. The molecule has 19 heavy (non-hydrogen) atoms. The van der Waals surface area contributed by atoms with Gasteiger partial charge < -0.3 is 5.11 Å². The third-order valence-corrected chi connectivity index (χ3v) is 3.44. The van der Waals surface area contributed by atoms with E-state index in [1.807, 2.05) is 30.3 Å². The molecule has 0 radical (unpaired) electrons. The molecule has 2 nitrogen and oxygen atoms in total. The van der Waals surface area contributed by atoms with E-state index in [1.165, 1.54) is 5.56 Å². The largest absolute Gasteiger partial charge is 0.395 e. The van der Waals surface area contributed by atoms with Gasteiger partial charge in [-0.1, -0.05) is 30.0 Å². The minimum atomic E-state index is 0.113. The second kappa shape index (κ2) is 7.63. The number of hydrogen-bond acceptors (Lipinski definition) is 3. The van der Waals surface area contributed by atoms with Gasteiger partial charge in [-0.15, -0.1) is 11.8 Å². The molecule has 1 heterocycles. The minimum absolute atomic E-state index is 0.113. The van der Waals surface area contributed by atoms with Crippen LogP contribution >= 0.6 is 11.8 Å². The van der Waals surface area contributed by atoms with E-state index in [4.69, 9.17) is 5.11 Å². The Kier molecular flexibility index (Phi) is 5.49. The number of aliphatic hydroxyl groups excluding tert-OH is 1. The Balaban J connectivity index is 1.98. The van der Waals surface area contributed by atoms with Gasteiger partial charge in [-0.2, -0.15) is 0 Å². The van der Waals surface area contributed by atoms with Gasteiger partial charge in [0.2, 0.25) is 0 Å². The van der Waals surface area contributed by atoms with Crippen LogP contribution in [-0.4, -0.2) is 16.7 Å². The molecule has 0 spiro atoms. The standard InChI is InChI=1S/C16H15NOS/c18-11-4-2-6-14-7-5-8-15(12-14)13-19-16-9-1-3-10-17-16/h1,3,5,7-10,12,18H,4,11,13H2. The zero-order valence-electron chi connectivity index (χ0n) is 10.5. The molecule has 3 heteroatoms. The molecular formula is C16H15NOS. The average Bonchev–Trinajstić information content (AvgIpc) is 2.47. The first-order chi connectivity index (χ1) is 9.38. The highest BCUT2D eigenvalue weighted by Crippen LogP contribution is 2.20. The highest BCUT2D eigenvalue weighted by atomic mass is 32.2. The number of thioether (sulfide) groups is 1. The van der Waals surface area contributed by atoms with E-state index < -0.39 is 0 Å². The van der Waals surface area contributed by atoms with Crippen molar-refractivity contribution in [2.45, 2.75) is 17.2 Å². The Hall–Kier alpha value is -1.76. The summed E-state index contributed by atoms with van der Waals surface area (Å²) in [6, 6.07) is 14.1. The smallest absolute Gasteiger partial charge is 0.0963 e. The molecule has 0 bridgehead atoms. The predicted molar refractivity (Wildman–Crippen MR) is 78.8 cm³/mol. The molecule has 0 saturated heterocycles. The molecule has 0 aliphatic heterocycles. The second-order valence-corrected chi connectivity index (χ2v) is 4.93. The Labute approximate surface area is 117 Å². The molecule has 96 valence electrons. The fraction of sp³-hybridized carbons (Fsp3) is 0.188. The summed E-state index contributed by atoms with van der Waals surface area (Å²) in [7, 11) is 0. The number of hydrogen-bond donors (Lipinski definition) is 1. The van der Waals surface area contributed by atoms with Crippen LogP contribution in [-0.2, 0) is 5.75 Å². The SMILES string of the molecule is OCCC#Cc1cccc(CSc2ccccn2)c1. The molecule has 1 aromatic heterocycles. The molecule has 1 aromatic carbocycles. The van der Waals surface area contributed by atoms with Crippen molar-refractivity contribution in [3.05, 3.63) is 59.8 Å². The van der Waals surface area contributed by atoms with Crippen molar-refractivity contribution in [1.82, 2.24) is 4.98 Å². The van der Waals surface area contributed by atoms with Crippen molar-refractivity contribution < 1.29 is 5.11 Å². The van der Waals surface area contributed by atoms with Crippen LogP contribution in [0.15, 0.2) is 53.7 Å². The van der Waals surface area contributed by atoms with E-state index in [0.29, 0.717) is 6.42 Å². The molecule has 0 fully saturated rings. The number of pyridine rings is 1. The van der Waals surface area contributed by atoms with Crippen molar-refractivity contribution in [3.63, 3.8) is 0 Å². The summed E-state index contributed by atoms with van der Waals surface area (Å²) >= 11 is 1.71. The summed E-state index contributed by atoms with van der Waals surface area (Å²) < 4.78 is 0. The van der Waals surface area contributed by atoms with E-state index in [-0.39, 0.29) is 6.61 Å². The Bertz CT molecular complexity index is 572. The van der Waals surface area contributed by atoms with Gasteiger partial charge >= 0.3 is 0 Å². The topological polar surface area (TPSA) is 33.1 Å². The molecule has 0 unspecified atom stereocenters. The number of aromatic nitrogens is 1. The second-order valence-electron chi connectivity index (χ2n) is 3.93. The normalized spacial score (nSPS) is 9.74. The maximum absolute atomic E-state index is 8.70. The molecule has 0 aliphatic rings. The average molecular weight is 269 g/mol. The Morgan fingerprint density at radius 3 is 2.89 bits per heavy atom. The number of nitrogens with zero attached hydrogens (tertiary/aromatic N) is 1. The summed E-state index contributed by atoms with van der Waals surface area (Å²) in [6.45, 7) is 0.113. The fourth-order valence-electron chi connectivity index (χ4n) is 1.55. The maximum Gasteiger partial charge on any atom is 0.0963 e. The van der Waals surface area contributed by atoms with Gasteiger partial charge in [0.15, 0.2) is 0 Å². The molecule has 1 N–H and O–H groups in total. The van der Waals surface area contributed by atoms with Crippen molar-refractivity contribution in [2.24, 2.45) is 0 Å². The lowest BCUT2D eigenvalue weighted by molar-refractivity contribution is 0.305. The van der Waals surface area contributed by atoms with E-state index in [0.717, 1.165) is 16.3 Å². The molecular weight excluding hydrogens is 254 g/mol. The van der Waals surface area contributed by atoms with Crippen molar-refractivity contribution in [1.29, 1.82) is 0 Å². The van der Waals surface area contributed by atoms with E-state index in [9.17, 15) is 0 Å². The molecule has 2 rings (SSSR count). The van der Waals surface area contributed by atoms with Crippen LogP contribution in [0.25, 0.3) is 0 Å². The maximum atomic E-state index is 8.70. The minimum Gasteiger partial charge on any atom is -0.395 e. The molecule has 2 aromatic rings. The van der Waals surface area contributed by atoms with Gasteiger partial charge in [0, 0.05) is 23.9 Å². The van der Waals surface area contributed by atoms with Crippen molar-refractivity contribution >= 4 is 11.8 Å². The first-order valence-corrected chi connectivity index (χ1v) is 7.09. The Morgan fingerprint density at radius 2 is 2.11 bits per heavy atom. The summed E-state index contributed by atoms with van der Waals surface area (Å²) in [4.78, 5) is 4.28. The quantitative estimate of drug-likeness (QED) is 0.684. The van der Waals surface area contributed by atoms with Crippen molar-refractivity contribution in [3.8, 4) is 11.8 Å². The number of aliphatic hydroxyl groups is 1. The molecule has 0 amide bonds. The van der Waals surface area contributed by atoms with E-state index >= 15 is 0 Å². The summed E-state index contributed by atoms with van der Waals surface area (Å²) in [5.74, 6) is 6.86. The highest BCUT2D eigenvalue weighted by molar-refractivity contribution is 7.98. The van der Waals surface area contributed by atoms with Crippen LogP contribution in [0.4, 0.5) is 0 Å². The predicted octanol–water partition coefficient (Wildman–Crippen LogP) is 3.11. The number of rotatable bonds is 4. The lowest BCUT2D eigenvalue weighted by Gasteiger charge is -2.01. The van der Waals surface area contributed by atoms with Gasteiger partial charge in [-0.3, -0.25) is 0 Å². The highest BCUT2D eigenvalue weighted by Gasteiger charge is 1.97. The van der Waals surface area contributed by atoms with Gasteiger partial charge in [-0.05, 0) is 29.8 Å². The monoisotopic (exact) mass is 269 g/mol. The van der Waals surface area contributed by atoms with Crippen LogP contribution in [0.5, 0.6) is 0 Å². The zero-order valence-corrected chi connectivity index (χ0v) is 11.4. The van der Waals surface area contributed by atoms with Crippen LogP contribution in [0.1, 0.15) is 17.5 Å². The number of benzene rings is 1. The van der Waals surface area contributed by atoms with Crippen LogP contribution in [0.2, 0.25) is 0 Å². The van der Waals surface area contributed by atoms with Crippen molar-refractivity contribution in [2.75, 3.05) is 6.61 Å². The summed E-state index contributed by atoms with van der Waals surface area (Å²) in [5, 5.41) is 9.72. The first kappa shape index (κ1) is 13.7. The van der Waals surface area contributed by atoms with E-state index in [1.54, 1.807) is 18.0 Å². The lowest BCUT2D eigenvalue weighted by Crippen LogP contribution is -1.84. The van der Waals surface area contributed by atoms with Crippen LogP contribution in [0, 0.1) is 11.8 Å². The summed E-state index contributed by atoms with van der Waals surface area (Å²) in [5.41, 5.74) is 2.22. The fourth-order valence-corrected chi connectivity index (χ4v) is 2.35. The van der Waals surface area contributed by atoms with Crippen LogP contribution < -0.4 is 0 Å². The third kappa shape index (κ3) is 4.78. The Morgan fingerprint density at radius 1 is 1.16 bits per heavy atom.